The highest BCUT2D eigenvalue weighted by Gasteiger charge is 2.18. The maximum Gasteiger partial charge on any atom is 0.254 e. The maximum atomic E-state index is 13.0. The molecule has 0 aliphatic rings. The molecule has 1 heterocycles. The van der Waals surface area contributed by atoms with Gasteiger partial charge in [-0.1, -0.05) is 18.2 Å². The van der Waals surface area contributed by atoms with Gasteiger partial charge in [-0.15, -0.1) is 0 Å². The molecule has 28 heavy (non-hydrogen) atoms. The van der Waals surface area contributed by atoms with Crippen molar-refractivity contribution in [2.24, 2.45) is 0 Å². The number of amides is 1. The summed E-state index contributed by atoms with van der Waals surface area (Å²) in [6.45, 7) is 4.54. The van der Waals surface area contributed by atoms with Crippen molar-refractivity contribution in [2.75, 3.05) is 20.8 Å². The van der Waals surface area contributed by atoms with Crippen LogP contribution in [-0.2, 0) is 6.54 Å². The lowest BCUT2D eigenvalue weighted by Crippen LogP contribution is -2.32. The fraction of sp³-hybridized carbons (Fsp3) is 0.273. The quantitative estimate of drug-likeness (QED) is 0.710. The maximum absolute atomic E-state index is 13.0. The minimum atomic E-state index is -0.180. The number of hydrogen-bond acceptors (Lipinski definition) is 4. The Morgan fingerprint density at radius 3 is 2.50 bits per heavy atom. The van der Waals surface area contributed by atoms with Gasteiger partial charge in [0.25, 0.3) is 11.5 Å². The van der Waals surface area contributed by atoms with E-state index in [0.717, 1.165) is 16.5 Å². The van der Waals surface area contributed by atoms with Crippen LogP contribution in [-0.4, -0.2) is 36.6 Å². The van der Waals surface area contributed by atoms with Crippen LogP contribution in [0.4, 0.5) is 0 Å². The van der Waals surface area contributed by atoms with Crippen LogP contribution in [0, 0.1) is 6.92 Å². The number of fused-ring (bicyclic) bond motifs is 1. The Labute approximate surface area is 163 Å². The molecule has 0 aliphatic heterocycles. The Hall–Kier alpha value is -3.28. The smallest absolute Gasteiger partial charge is 0.254 e. The number of nitrogens with one attached hydrogen (secondary N) is 1. The molecule has 2 aromatic carbocycles. The third-order valence-corrected chi connectivity index (χ3v) is 4.83. The van der Waals surface area contributed by atoms with Crippen molar-refractivity contribution in [1.82, 2.24) is 9.88 Å². The van der Waals surface area contributed by atoms with Gasteiger partial charge in [0.1, 0.15) is 0 Å². The molecule has 6 nitrogen and oxygen atoms in total. The molecule has 0 radical (unpaired) electrons. The van der Waals surface area contributed by atoms with Gasteiger partial charge in [0.2, 0.25) is 0 Å². The average Bonchev–Trinajstić information content (AvgIpc) is 2.72. The van der Waals surface area contributed by atoms with E-state index in [-0.39, 0.29) is 18.0 Å². The van der Waals surface area contributed by atoms with Crippen molar-refractivity contribution >= 4 is 16.8 Å². The zero-order chi connectivity index (χ0) is 20.3. The number of aromatic nitrogens is 1. The second-order valence-electron chi connectivity index (χ2n) is 6.55. The van der Waals surface area contributed by atoms with Crippen LogP contribution in [0.5, 0.6) is 11.5 Å². The van der Waals surface area contributed by atoms with Gasteiger partial charge < -0.3 is 19.4 Å². The molecule has 0 saturated carbocycles. The van der Waals surface area contributed by atoms with Crippen molar-refractivity contribution in [1.29, 1.82) is 0 Å². The summed E-state index contributed by atoms with van der Waals surface area (Å²) in [6, 6.07) is 12.8. The first-order valence-electron chi connectivity index (χ1n) is 9.11. The predicted molar refractivity (Wildman–Crippen MR) is 109 cm³/mol. The van der Waals surface area contributed by atoms with Crippen molar-refractivity contribution in [3.8, 4) is 11.5 Å². The second kappa shape index (κ2) is 8.17. The molecule has 146 valence electrons. The Kier molecular flexibility index (Phi) is 5.68. The van der Waals surface area contributed by atoms with Crippen molar-refractivity contribution in [3.63, 3.8) is 0 Å². The highest BCUT2D eigenvalue weighted by atomic mass is 16.5. The largest absolute Gasteiger partial charge is 0.493 e. The fourth-order valence-electron chi connectivity index (χ4n) is 3.23. The summed E-state index contributed by atoms with van der Waals surface area (Å²) in [6.07, 6.45) is 0. The SMILES string of the molecule is CCN(Cc1cc2cccc(C)c2[nH]c1=O)C(=O)c1ccc(OC)c(OC)c1. The number of para-hydroxylation sites is 1. The monoisotopic (exact) mass is 380 g/mol. The molecule has 0 saturated heterocycles. The van der Waals surface area contributed by atoms with E-state index in [0.29, 0.717) is 29.2 Å². The van der Waals surface area contributed by atoms with E-state index in [4.69, 9.17) is 9.47 Å². The van der Waals surface area contributed by atoms with Crippen LogP contribution >= 0.6 is 0 Å². The minimum Gasteiger partial charge on any atom is -0.493 e. The molecule has 3 rings (SSSR count). The molecule has 1 N–H and O–H groups in total. The van der Waals surface area contributed by atoms with Crippen molar-refractivity contribution in [2.45, 2.75) is 20.4 Å². The van der Waals surface area contributed by atoms with E-state index in [2.05, 4.69) is 4.98 Å². The predicted octanol–water partition coefficient (Wildman–Crippen LogP) is 3.52. The average molecular weight is 380 g/mol. The number of rotatable bonds is 6. The highest BCUT2D eigenvalue weighted by Crippen LogP contribution is 2.28. The van der Waals surface area contributed by atoms with Gasteiger partial charge in [-0.25, -0.2) is 0 Å². The zero-order valence-electron chi connectivity index (χ0n) is 16.5. The second-order valence-corrected chi connectivity index (χ2v) is 6.55. The Morgan fingerprint density at radius 2 is 1.82 bits per heavy atom. The number of aryl methyl sites for hydroxylation is 1. The van der Waals surface area contributed by atoms with Crippen LogP contribution in [0.15, 0.2) is 47.3 Å². The number of carbonyl (C=O) groups excluding carboxylic acids is 1. The molecular formula is C22H24N2O4. The van der Waals surface area contributed by atoms with Gasteiger partial charge in [0, 0.05) is 17.7 Å². The molecule has 3 aromatic rings. The summed E-state index contributed by atoms with van der Waals surface area (Å²) < 4.78 is 10.5. The summed E-state index contributed by atoms with van der Waals surface area (Å²) in [7, 11) is 3.08. The fourth-order valence-corrected chi connectivity index (χ4v) is 3.23. The van der Waals surface area contributed by atoms with Crippen molar-refractivity contribution in [3.05, 3.63) is 69.5 Å². The van der Waals surface area contributed by atoms with Gasteiger partial charge in [-0.05, 0) is 49.1 Å². The molecule has 0 spiro atoms. The van der Waals surface area contributed by atoms with Crippen LogP contribution in [0.3, 0.4) is 0 Å². The van der Waals surface area contributed by atoms with E-state index in [1.807, 2.05) is 38.1 Å². The first-order chi connectivity index (χ1) is 13.5. The first kappa shape index (κ1) is 19.5. The summed E-state index contributed by atoms with van der Waals surface area (Å²) >= 11 is 0. The Morgan fingerprint density at radius 1 is 1.07 bits per heavy atom. The van der Waals surface area contributed by atoms with Crippen LogP contribution < -0.4 is 15.0 Å². The molecule has 6 heteroatoms. The van der Waals surface area contributed by atoms with E-state index in [1.54, 1.807) is 30.2 Å². The number of methoxy groups -OCH3 is 2. The number of pyridine rings is 1. The Bertz CT molecular complexity index is 1070. The van der Waals surface area contributed by atoms with Crippen molar-refractivity contribution < 1.29 is 14.3 Å². The number of benzene rings is 2. The number of carbonyl (C=O) groups is 1. The standard InChI is InChI=1S/C22H24N2O4/c1-5-24(22(26)16-9-10-18(27-3)19(12-16)28-4)13-17-11-15-8-6-7-14(2)20(15)23-21(17)25/h6-12H,5,13H2,1-4H3,(H,23,25). The molecule has 0 bridgehead atoms. The molecule has 0 fully saturated rings. The summed E-state index contributed by atoms with van der Waals surface area (Å²) in [5.41, 5.74) is 2.68. The third-order valence-electron chi connectivity index (χ3n) is 4.83. The zero-order valence-corrected chi connectivity index (χ0v) is 16.5. The molecule has 1 aromatic heterocycles. The van der Waals surface area contributed by atoms with Gasteiger partial charge in [0.15, 0.2) is 11.5 Å². The molecule has 0 unspecified atom stereocenters. The molecule has 0 atom stereocenters. The number of nitrogens with zero attached hydrogens (tertiary/aromatic N) is 1. The number of ether oxygens (including phenoxy) is 2. The first-order valence-corrected chi connectivity index (χ1v) is 9.11. The molecule has 0 aliphatic carbocycles. The summed E-state index contributed by atoms with van der Waals surface area (Å²) in [5, 5.41) is 0.948. The molecular weight excluding hydrogens is 356 g/mol. The van der Waals surface area contributed by atoms with Crippen LogP contribution in [0.25, 0.3) is 10.9 Å². The lowest BCUT2D eigenvalue weighted by Gasteiger charge is -2.21. The van der Waals surface area contributed by atoms with E-state index in [9.17, 15) is 9.59 Å². The number of hydrogen-bond donors (Lipinski definition) is 1. The summed E-state index contributed by atoms with van der Waals surface area (Å²) in [4.78, 5) is 30.1. The van der Waals surface area contributed by atoms with Crippen LogP contribution in [0.2, 0.25) is 0 Å². The van der Waals surface area contributed by atoms with Gasteiger partial charge in [0.05, 0.1) is 26.3 Å². The topological polar surface area (TPSA) is 71.6 Å². The van der Waals surface area contributed by atoms with Gasteiger partial charge >= 0.3 is 0 Å². The normalized spacial score (nSPS) is 10.7. The van der Waals surface area contributed by atoms with E-state index in [1.165, 1.54) is 7.11 Å². The molecule has 1 amide bonds. The van der Waals surface area contributed by atoms with Crippen LogP contribution in [0.1, 0.15) is 28.4 Å². The summed E-state index contributed by atoms with van der Waals surface area (Å²) in [5.74, 6) is 0.874. The van der Waals surface area contributed by atoms with Gasteiger partial charge in [-0.2, -0.15) is 0 Å². The minimum absolute atomic E-state index is 0.174. The Balaban J connectivity index is 1.92. The highest BCUT2D eigenvalue weighted by molar-refractivity contribution is 5.95. The van der Waals surface area contributed by atoms with E-state index >= 15 is 0 Å². The lowest BCUT2D eigenvalue weighted by molar-refractivity contribution is 0.0751. The number of H-pyrrole nitrogens is 1. The van der Waals surface area contributed by atoms with E-state index < -0.39 is 0 Å². The van der Waals surface area contributed by atoms with Gasteiger partial charge in [-0.3, -0.25) is 9.59 Å². The number of aromatic amines is 1. The third kappa shape index (κ3) is 3.71. The lowest BCUT2D eigenvalue weighted by atomic mass is 10.1.